The average Bonchev–Trinajstić information content (AvgIpc) is 2.53. The van der Waals surface area contributed by atoms with Gasteiger partial charge in [-0.05, 0) is 56.6 Å². The fourth-order valence-corrected chi connectivity index (χ4v) is 3.50. The van der Waals surface area contributed by atoms with Crippen molar-refractivity contribution in [3.63, 3.8) is 0 Å². The lowest BCUT2D eigenvalue weighted by molar-refractivity contribution is 0.0827. The zero-order valence-corrected chi connectivity index (χ0v) is 16.2. The lowest BCUT2D eigenvalue weighted by Gasteiger charge is -2.39. The standard InChI is InChI=1S/C19H30N4O2/c1-13-11-15(7-8-16(13)18(24)21(3)4)20-19(25)23(6)17-9-10-22(5)12-14(17)2/h7-8,11,14,17H,9-10,12H2,1-6H3,(H,20,25)/t14-,17+/m0/s1. The SMILES string of the molecule is Cc1cc(NC(=O)N(C)[C@@H]2CCN(C)C[C@@H]2C)ccc1C(=O)N(C)C. The summed E-state index contributed by atoms with van der Waals surface area (Å²) in [6, 6.07) is 5.54. The van der Waals surface area contributed by atoms with Crippen LogP contribution >= 0.6 is 0 Å². The molecule has 0 radical (unpaired) electrons. The van der Waals surface area contributed by atoms with E-state index in [-0.39, 0.29) is 18.0 Å². The molecule has 2 rings (SSSR count). The van der Waals surface area contributed by atoms with Gasteiger partial charge in [0.05, 0.1) is 0 Å². The first-order valence-corrected chi connectivity index (χ1v) is 8.75. The Morgan fingerprint density at radius 3 is 2.48 bits per heavy atom. The Labute approximate surface area is 150 Å². The van der Waals surface area contributed by atoms with Gasteiger partial charge in [-0.1, -0.05) is 6.92 Å². The monoisotopic (exact) mass is 346 g/mol. The maximum atomic E-state index is 12.6. The predicted molar refractivity (Wildman–Crippen MR) is 101 cm³/mol. The van der Waals surface area contributed by atoms with E-state index in [1.165, 1.54) is 0 Å². The molecule has 2 atom stereocenters. The number of urea groups is 1. The summed E-state index contributed by atoms with van der Waals surface area (Å²) in [5.41, 5.74) is 2.22. The van der Waals surface area contributed by atoms with Crippen LogP contribution in [0, 0.1) is 12.8 Å². The molecular weight excluding hydrogens is 316 g/mol. The topological polar surface area (TPSA) is 55.9 Å². The fraction of sp³-hybridized carbons (Fsp3) is 0.579. The fourth-order valence-electron chi connectivity index (χ4n) is 3.50. The molecule has 138 valence electrons. The van der Waals surface area contributed by atoms with Crippen LogP contribution in [0.25, 0.3) is 0 Å². The van der Waals surface area contributed by atoms with Crippen LogP contribution in [0.2, 0.25) is 0 Å². The van der Waals surface area contributed by atoms with E-state index in [9.17, 15) is 9.59 Å². The molecule has 0 unspecified atom stereocenters. The number of anilines is 1. The second-order valence-electron chi connectivity index (χ2n) is 7.37. The number of nitrogens with zero attached hydrogens (tertiary/aromatic N) is 3. The van der Waals surface area contributed by atoms with Crippen molar-refractivity contribution in [1.29, 1.82) is 0 Å². The number of hydrogen-bond donors (Lipinski definition) is 1. The van der Waals surface area contributed by atoms with Crippen LogP contribution in [0.1, 0.15) is 29.3 Å². The largest absolute Gasteiger partial charge is 0.345 e. The number of hydrogen-bond acceptors (Lipinski definition) is 3. The van der Waals surface area contributed by atoms with Crippen LogP contribution in [-0.2, 0) is 0 Å². The lowest BCUT2D eigenvalue weighted by atomic mass is 9.93. The third-order valence-electron chi connectivity index (χ3n) is 5.00. The highest BCUT2D eigenvalue weighted by Crippen LogP contribution is 2.22. The number of amides is 3. The van der Waals surface area contributed by atoms with Crippen molar-refractivity contribution in [3.05, 3.63) is 29.3 Å². The Morgan fingerprint density at radius 2 is 1.92 bits per heavy atom. The van der Waals surface area contributed by atoms with E-state index in [0.717, 1.165) is 25.1 Å². The highest BCUT2D eigenvalue weighted by atomic mass is 16.2. The van der Waals surface area contributed by atoms with Gasteiger partial charge < -0.3 is 20.0 Å². The Morgan fingerprint density at radius 1 is 1.24 bits per heavy atom. The third kappa shape index (κ3) is 4.51. The molecule has 6 heteroatoms. The second kappa shape index (κ2) is 7.87. The second-order valence-corrected chi connectivity index (χ2v) is 7.37. The number of rotatable bonds is 3. The van der Waals surface area contributed by atoms with E-state index >= 15 is 0 Å². The summed E-state index contributed by atoms with van der Waals surface area (Å²) in [4.78, 5) is 30.4. The third-order valence-corrected chi connectivity index (χ3v) is 5.00. The van der Waals surface area contributed by atoms with Crippen LogP contribution in [0.15, 0.2) is 18.2 Å². The van der Waals surface area contributed by atoms with Gasteiger partial charge in [0.2, 0.25) is 0 Å². The summed E-state index contributed by atoms with van der Waals surface area (Å²) in [5.74, 6) is 0.406. The predicted octanol–water partition coefficient (Wildman–Crippen LogP) is 2.50. The van der Waals surface area contributed by atoms with Gasteiger partial charge in [-0.15, -0.1) is 0 Å². The van der Waals surface area contributed by atoms with E-state index < -0.39 is 0 Å². The van der Waals surface area contributed by atoms with E-state index in [1.54, 1.807) is 31.1 Å². The first kappa shape index (κ1) is 19.2. The highest BCUT2D eigenvalue weighted by Gasteiger charge is 2.30. The van der Waals surface area contributed by atoms with Crippen molar-refractivity contribution < 1.29 is 9.59 Å². The first-order chi connectivity index (χ1) is 11.7. The van der Waals surface area contributed by atoms with Gasteiger partial charge in [-0.2, -0.15) is 0 Å². The molecule has 0 spiro atoms. The molecule has 1 heterocycles. The maximum Gasteiger partial charge on any atom is 0.321 e. The van der Waals surface area contributed by atoms with E-state index in [1.807, 2.05) is 24.9 Å². The molecule has 1 aliphatic heterocycles. The van der Waals surface area contributed by atoms with Crippen LogP contribution < -0.4 is 5.32 Å². The summed E-state index contributed by atoms with van der Waals surface area (Å²) in [5, 5.41) is 2.96. The lowest BCUT2D eigenvalue weighted by Crippen LogP contribution is -2.50. The molecule has 1 fully saturated rings. The average molecular weight is 346 g/mol. The van der Waals surface area contributed by atoms with Crippen molar-refractivity contribution in [3.8, 4) is 0 Å². The number of likely N-dealkylation sites (tertiary alicyclic amines) is 1. The minimum atomic E-state index is -0.104. The number of piperidine rings is 1. The molecule has 1 aromatic carbocycles. The van der Waals surface area contributed by atoms with Crippen molar-refractivity contribution in [2.24, 2.45) is 5.92 Å². The number of carbonyl (C=O) groups is 2. The normalized spacial score (nSPS) is 20.9. The Balaban J connectivity index is 2.05. The Kier molecular flexibility index (Phi) is 6.06. The summed E-state index contributed by atoms with van der Waals surface area (Å²) >= 11 is 0. The van der Waals surface area contributed by atoms with Gasteiger partial charge in [-0.3, -0.25) is 4.79 Å². The quantitative estimate of drug-likeness (QED) is 0.915. The van der Waals surface area contributed by atoms with E-state index in [2.05, 4.69) is 24.2 Å². The van der Waals surface area contributed by atoms with Crippen molar-refractivity contribution in [2.45, 2.75) is 26.3 Å². The first-order valence-electron chi connectivity index (χ1n) is 8.75. The van der Waals surface area contributed by atoms with Crippen LogP contribution in [0.5, 0.6) is 0 Å². The van der Waals surface area contributed by atoms with E-state index in [0.29, 0.717) is 17.2 Å². The number of benzene rings is 1. The summed E-state index contributed by atoms with van der Waals surface area (Å²) in [6.45, 7) is 6.08. The van der Waals surface area contributed by atoms with Crippen LogP contribution in [0.4, 0.5) is 10.5 Å². The zero-order chi connectivity index (χ0) is 18.7. The van der Waals surface area contributed by atoms with Gasteiger partial charge in [0.1, 0.15) is 0 Å². The van der Waals surface area contributed by atoms with Gasteiger partial charge in [0.15, 0.2) is 0 Å². The minimum absolute atomic E-state index is 0.0346. The summed E-state index contributed by atoms with van der Waals surface area (Å²) < 4.78 is 0. The van der Waals surface area contributed by atoms with E-state index in [4.69, 9.17) is 0 Å². The van der Waals surface area contributed by atoms with Crippen molar-refractivity contribution in [2.75, 3.05) is 46.6 Å². The number of aryl methyl sites for hydroxylation is 1. The highest BCUT2D eigenvalue weighted by molar-refractivity contribution is 5.96. The Bertz CT molecular complexity index is 644. The van der Waals surface area contributed by atoms with Crippen molar-refractivity contribution >= 4 is 17.6 Å². The molecule has 25 heavy (non-hydrogen) atoms. The molecule has 3 amide bonds. The molecule has 0 saturated carbocycles. The molecule has 0 bridgehead atoms. The summed E-state index contributed by atoms with van der Waals surface area (Å²) in [6.07, 6.45) is 0.983. The molecule has 0 aliphatic carbocycles. The maximum absolute atomic E-state index is 12.6. The van der Waals surface area contributed by atoms with Crippen LogP contribution in [-0.4, -0.2) is 74.0 Å². The zero-order valence-electron chi connectivity index (χ0n) is 16.2. The summed E-state index contributed by atoms with van der Waals surface area (Å²) in [7, 11) is 7.44. The molecule has 1 saturated heterocycles. The van der Waals surface area contributed by atoms with Crippen LogP contribution in [0.3, 0.4) is 0 Å². The molecule has 1 aromatic rings. The molecule has 1 N–H and O–H groups in total. The van der Waals surface area contributed by atoms with Gasteiger partial charge in [-0.25, -0.2) is 4.79 Å². The molecular formula is C19H30N4O2. The molecule has 6 nitrogen and oxygen atoms in total. The minimum Gasteiger partial charge on any atom is -0.345 e. The van der Waals surface area contributed by atoms with Gasteiger partial charge >= 0.3 is 6.03 Å². The number of carbonyl (C=O) groups excluding carboxylic acids is 2. The molecule has 1 aliphatic rings. The number of nitrogens with one attached hydrogen (secondary N) is 1. The van der Waals surface area contributed by atoms with Crippen molar-refractivity contribution in [1.82, 2.24) is 14.7 Å². The van der Waals surface area contributed by atoms with Gasteiger partial charge in [0, 0.05) is 45.0 Å². The van der Waals surface area contributed by atoms with Gasteiger partial charge in [0.25, 0.3) is 5.91 Å². The smallest absolute Gasteiger partial charge is 0.321 e. The Hall–Kier alpha value is -2.08. The molecule has 0 aromatic heterocycles.